The first-order chi connectivity index (χ1) is 10.6. The summed E-state index contributed by atoms with van der Waals surface area (Å²) in [4.78, 5) is 16.3. The number of halogens is 1. The van der Waals surface area contributed by atoms with Gasteiger partial charge in [0, 0.05) is 17.7 Å². The highest BCUT2D eigenvalue weighted by Gasteiger charge is 2.26. The molecule has 0 saturated carbocycles. The van der Waals surface area contributed by atoms with Crippen LogP contribution in [0.4, 0.5) is 4.39 Å². The Kier molecular flexibility index (Phi) is 2.48. The lowest BCUT2D eigenvalue weighted by molar-refractivity contribution is -0.112. The van der Waals surface area contributed by atoms with Gasteiger partial charge >= 0.3 is 0 Å². The Bertz CT molecular complexity index is 1080. The fourth-order valence-corrected chi connectivity index (χ4v) is 2.95. The van der Waals surface area contributed by atoms with Crippen molar-refractivity contribution in [3.8, 4) is 5.88 Å². The third kappa shape index (κ3) is 1.56. The molecule has 4 nitrogen and oxygen atoms in total. The Balaban J connectivity index is 2.22. The monoisotopic (exact) mass is 294 g/mol. The molecule has 0 aliphatic carbocycles. The number of carbonyl (C=O) groups excluding carboxylic acids is 1. The molecule has 2 heterocycles. The molecule has 1 aliphatic heterocycles. The minimum absolute atomic E-state index is 0.0733. The number of carbonyl (C=O) groups is 1. The van der Waals surface area contributed by atoms with Crippen molar-refractivity contribution >= 4 is 22.4 Å². The second-order valence-electron chi connectivity index (χ2n) is 5.23. The lowest BCUT2D eigenvalue weighted by Crippen LogP contribution is -2.22. The van der Waals surface area contributed by atoms with E-state index >= 15 is 0 Å². The Hall–Kier alpha value is -2.95. The van der Waals surface area contributed by atoms with Crippen LogP contribution < -0.4 is 10.6 Å². The molecule has 3 aromatic rings. The maximum Gasteiger partial charge on any atom is 0.279 e. The number of aryl methyl sites for hydroxylation is 1. The molecule has 0 saturated heterocycles. The molecule has 108 valence electrons. The molecule has 0 unspecified atom stereocenters. The van der Waals surface area contributed by atoms with Gasteiger partial charge in [0.1, 0.15) is 5.82 Å². The van der Waals surface area contributed by atoms with Gasteiger partial charge in [0.15, 0.2) is 5.88 Å². The maximum absolute atomic E-state index is 13.6. The number of benzene rings is 2. The maximum atomic E-state index is 13.6. The summed E-state index contributed by atoms with van der Waals surface area (Å²) in [5, 5.41) is 12.2. The molecule has 5 heteroatoms. The fraction of sp³-hybridized carbons (Fsp3) is 0.0588. The highest BCUT2D eigenvalue weighted by molar-refractivity contribution is 6.24. The summed E-state index contributed by atoms with van der Waals surface area (Å²) in [5.74, 6) is -0.917. The summed E-state index contributed by atoms with van der Waals surface area (Å²) in [7, 11) is 1.67. The van der Waals surface area contributed by atoms with Crippen LogP contribution in [0.3, 0.4) is 0 Å². The normalized spacial score (nSPS) is 13.5. The highest BCUT2D eigenvalue weighted by Crippen LogP contribution is 2.35. The number of aromatic hydroxyl groups is 1. The van der Waals surface area contributed by atoms with Crippen molar-refractivity contribution in [2.45, 2.75) is 0 Å². The van der Waals surface area contributed by atoms with Gasteiger partial charge in [0.2, 0.25) is 0 Å². The van der Waals surface area contributed by atoms with Gasteiger partial charge < -0.3 is 9.67 Å². The van der Waals surface area contributed by atoms with Gasteiger partial charge in [-0.15, -0.1) is 0 Å². The van der Waals surface area contributed by atoms with Gasteiger partial charge in [0.05, 0.1) is 22.0 Å². The largest absolute Gasteiger partial charge is 0.494 e. The van der Waals surface area contributed by atoms with E-state index in [-0.39, 0.29) is 5.88 Å². The van der Waals surface area contributed by atoms with Gasteiger partial charge in [-0.25, -0.2) is 9.38 Å². The fourth-order valence-electron chi connectivity index (χ4n) is 2.95. The van der Waals surface area contributed by atoms with Gasteiger partial charge in [-0.3, -0.25) is 4.79 Å². The predicted molar refractivity (Wildman–Crippen MR) is 79.3 cm³/mol. The molecule has 0 fully saturated rings. The molecule has 1 aromatic heterocycles. The highest BCUT2D eigenvalue weighted by atomic mass is 19.1. The van der Waals surface area contributed by atoms with E-state index < -0.39 is 11.7 Å². The van der Waals surface area contributed by atoms with Crippen LogP contribution in [0.5, 0.6) is 5.88 Å². The van der Waals surface area contributed by atoms with Crippen molar-refractivity contribution in [2.75, 3.05) is 0 Å². The zero-order valence-electron chi connectivity index (χ0n) is 11.7. The number of para-hydroxylation sites is 1. The van der Waals surface area contributed by atoms with Gasteiger partial charge in [-0.1, -0.05) is 18.2 Å². The zero-order valence-corrected chi connectivity index (χ0v) is 11.7. The summed E-state index contributed by atoms with van der Waals surface area (Å²) in [6, 6.07) is 11.3. The predicted octanol–water partition coefficient (Wildman–Crippen LogP) is 1.38. The smallest absolute Gasteiger partial charge is 0.279 e. The number of rotatable bonds is 1. The molecule has 2 aromatic carbocycles. The Morgan fingerprint density at radius 3 is 2.77 bits per heavy atom. The van der Waals surface area contributed by atoms with E-state index in [0.29, 0.717) is 32.6 Å². The Morgan fingerprint density at radius 2 is 1.95 bits per heavy atom. The van der Waals surface area contributed by atoms with Gasteiger partial charge in [-0.05, 0) is 24.3 Å². The van der Waals surface area contributed by atoms with Crippen LogP contribution in [0.25, 0.3) is 16.5 Å². The number of aromatic nitrogens is 1. The summed E-state index contributed by atoms with van der Waals surface area (Å²) in [6.45, 7) is 0. The molecule has 1 amide bonds. The SMILES string of the molecule is Cn1c(O)c(C2=c3ccccc3=NC2=O)c2cc(F)ccc21. The molecule has 1 aliphatic rings. The third-order valence-electron chi connectivity index (χ3n) is 3.99. The third-order valence-corrected chi connectivity index (χ3v) is 3.99. The lowest BCUT2D eigenvalue weighted by atomic mass is 10.0. The van der Waals surface area contributed by atoms with Crippen LogP contribution in [0.2, 0.25) is 0 Å². The molecule has 0 atom stereocenters. The van der Waals surface area contributed by atoms with Crippen molar-refractivity contribution in [1.29, 1.82) is 0 Å². The van der Waals surface area contributed by atoms with Crippen molar-refractivity contribution in [3.05, 3.63) is 64.4 Å². The van der Waals surface area contributed by atoms with Gasteiger partial charge in [0.25, 0.3) is 5.91 Å². The number of hydrogen-bond acceptors (Lipinski definition) is 2. The van der Waals surface area contributed by atoms with Crippen LogP contribution in [0, 0.1) is 5.82 Å². The van der Waals surface area contributed by atoms with Crippen LogP contribution in [0.15, 0.2) is 47.5 Å². The van der Waals surface area contributed by atoms with Crippen molar-refractivity contribution in [2.24, 2.45) is 12.0 Å². The van der Waals surface area contributed by atoms with Crippen molar-refractivity contribution in [1.82, 2.24) is 4.57 Å². The average Bonchev–Trinajstić information content (AvgIpc) is 2.94. The molecule has 4 rings (SSSR count). The van der Waals surface area contributed by atoms with Crippen LogP contribution in [-0.4, -0.2) is 15.6 Å². The molecule has 0 bridgehead atoms. The molecular formula is C17H11FN2O2. The molecule has 0 radical (unpaired) electrons. The molecule has 22 heavy (non-hydrogen) atoms. The number of amides is 1. The molecule has 0 spiro atoms. The number of hydrogen-bond donors (Lipinski definition) is 1. The van der Waals surface area contributed by atoms with Crippen molar-refractivity contribution in [3.63, 3.8) is 0 Å². The zero-order chi connectivity index (χ0) is 15.4. The van der Waals surface area contributed by atoms with Gasteiger partial charge in [-0.2, -0.15) is 0 Å². The minimum Gasteiger partial charge on any atom is -0.494 e. The number of fused-ring (bicyclic) bond motifs is 2. The van der Waals surface area contributed by atoms with Crippen LogP contribution in [0.1, 0.15) is 5.56 Å². The van der Waals surface area contributed by atoms with E-state index in [4.69, 9.17) is 0 Å². The Labute approximate surface area is 124 Å². The van der Waals surface area contributed by atoms with E-state index in [9.17, 15) is 14.3 Å². The van der Waals surface area contributed by atoms with E-state index in [1.165, 1.54) is 16.7 Å². The second kappa shape index (κ2) is 4.27. The van der Waals surface area contributed by atoms with E-state index in [0.717, 1.165) is 0 Å². The summed E-state index contributed by atoms with van der Waals surface area (Å²) in [5.41, 5.74) is 1.29. The van der Waals surface area contributed by atoms with Crippen LogP contribution >= 0.6 is 0 Å². The standard InChI is InChI=1S/C17H11FN2O2/c1-20-13-7-6-9(18)8-11(13)15(17(20)22)14-10-4-2-3-5-12(10)19-16(14)21/h2-8,22H,1H3. The van der Waals surface area contributed by atoms with E-state index in [1.807, 2.05) is 0 Å². The van der Waals surface area contributed by atoms with Crippen LogP contribution in [-0.2, 0) is 11.8 Å². The van der Waals surface area contributed by atoms with E-state index in [1.54, 1.807) is 37.4 Å². The lowest BCUT2D eigenvalue weighted by Gasteiger charge is -2.00. The number of nitrogens with zero attached hydrogens (tertiary/aromatic N) is 2. The van der Waals surface area contributed by atoms with E-state index in [2.05, 4.69) is 4.99 Å². The second-order valence-corrected chi connectivity index (χ2v) is 5.23. The quantitative estimate of drug-likeness (QED) is 0.737. The molecular weight excluding hydrogens is 283 g/mol. The first-order valence-electron chi connectivity index (χ1n) is 6.77. The summed E-state index contributed by atoms with van der Waals surface area (Å²) >= 11 is 0. The minimum atomic E-state index is -0.423. The first kappa shape index (κ1) is 12.8. The Morgan fingerprint density at radius 1 is 1.18 bits per heavy atom. The average molecular weight is 294 g/mol. The summed E-state index contributed by atoms with van der Waals surface area (Å²) < 4.78 is 15.2. The first-order valence-corrected chi connectivity index (χ1v) is 6.77. The molecule has 1 N–H and O–H groups in total. The van der Waals surface area contributed by atoms with Crippen molar-refractivity contribution < 1.29 is 14.3 Å². The summed E-state index contributed by atoms with van der Waals surface area (Å²) in [6.07, 6.45) is 0. The topological polar surface area (TPSA) is 54.6 Å².